The van der Waals surface area contributed by atoms with Crippen LogP contribution in [0.1, 0.15) is 15.9 Å². The summed E-state index contributed by atoms with van der Waals surface area (Å²) in [5.41, 5.74) is 5.98. The van der Waals surface area contributed by atoms with Crippen molar-refractivity contribution in [3.8, 4) is 11.8 Å². The van der Waals surface area contributed by atoms with Gasteiger partial charge in [-0.3, -0.25) is 4.79 Å². The molecule has 0 saturated carbocycles. The van der Waals surface area contributed by atoms with Crippen molar-refractivity contribution >= 4 is 5.91 Å². The van der Waals surface area contributed by atoms with Crippen molar-refractivity contribution in [1.29, 1.82) is 0 Å². The third-order valence-corrected chi connectivity index (χ3v) is 1.94. The van der Waals surface area contributed by atoms with Crippen LogP contribution in [0.25, 0.3) is 0 Å². The van der Waals surface area contributed by atoms with Crippen molar-refractivity contribution in [3.05, 3.63) is 35.1 Å². The van der Waals surface area contributed by atoms with E-state index in [-0.39, 0.29) is 12.5 Å². The highest BCUT2D eigenvalue weighted by atomic mass is 19.1. The van der Waals surface area contributed by atoms with Crippen molar-refractivity contribution in [2.45, 2.75) is 0 Å². The van der Waals surface area contributed by atoms with Gasteiger partial charge in [-0.05, 0) is 18.2 Å². The van der Waals surface area contributed by atoms with Crippen molar-refractivity contribution in [2.75, 3.05) is 20.6 Å². The predicted molar refractivity (Wildman–Crippen MR) is 60.3 cm³/mol. The number of nitrogens with zero attached hydrogens (tertiary/aromatic N) is 1. The number of carbonyl (C=O) groups excluding carboxylic acids is 1. The van der Waals surface area contributed by atoms with Crippen LogP contribution in [0.5, 0.6) is 0 Å². The van der Waals surface area contributed by atoms with Crippen LogP contribution >= 0.6 is 0 Å². The predicted octanol–water partition coefficient (Wildman–Crippen LogP) is 0.838. The molecule has 0 aromatic heterocycles. The lowest BCUT2D eigenvalue weighted by Crippen LogP contribution is -2.22. The maximum Gasteiger partial charge on any atom is 0.254 e. The molecule has 3 nitrogen and oxygen atoms in total. The molecule has 1 aromatic rings. The fourth-order valence-electron chi connectivity index (χ4n) is 1.19. The van der Waals surface area contributed by atoms with Crippen molar-refractivity contribution in [1.82, 2.24) is 4.90 Å². The van der Waals surface area contributed by atoms with E-state index in [0.29, 0.717) is 11.1 Å². The van der Waals surface area contributed by atoms with Gasteiger partial charge < -0.3 is 10.6 Å². The number of hydrogen-bond acceptors (Lipinski definition) is 2. The third kappa shape index (κ3) is 2.81. The summed E-state index contributed by atoms with van der Waals surface area (Å²) < 4.78 is 13.0. The Bertz CT molecular complexity index is 458. The SMILES string of the molecule is CN(C)C(=O)c1ccc(F)cc1C#CCN. The molecule has 0 bridgehead atoms. The molecule has 0 aliphatic rings. The standard InChI is InChI=1S/C12H13FN2O/c1-15(2)12(16)11-6-5-10(13)8-9(11)4-3-7-14/h5-6,8H,7,14H2,1-2H3. The molecule has 2 N–H and O–H groups in total. The van der Waals surface area contributed by atoms with E-state index >= 15 is 0 Å². The molecule has 0 aliphatic heterocycles. The summed E-state index contributed by atoms with van der Waals surface area (Å²) in [5, 5.41) is 0. The van der Waals surface area contributed by atoms with Crippen molar-refractivity contribution in [3.63, 3.8) is 0 Å². The average Bonchev–Trinajstić information content (AvgIpc) is 2.25. The molecule has 0 fully saturated rings. The second kappa shape index (κ2) is 5.29. The summed E-state index contributed by atoms with van der Waals surface area (Å²) in [5.74, 6) is 4.67. The van der Waals surface area contributed by atoms with Gasteiger partial charge in [0.25, 0.3) is 5.91 Å². The fourth-order valence-corrected chi connectivity index (χ4v) is 1.19. The van der Waals surface area contributed by atoms with Gasteiger partial charge >= 0.3 is 0 Å². The monoisotopic (exact) mass is 220 g/mol. The Morgan fingerprint density at radius 3 is 2.75 bits per heavy atom. The first-order chi connectivity index (χ1) is 7.56. The van der Waals surface area contributed by atoms with Crippen LogP contribution in [0.2, 0.25) is 0 Å². The minimum atomic E-state index is -0.420. The van der Waals surface area contributed by atoms with Crippen LogP contribution in [-0.4, -0.2) is 31.4 Å². The molecule has 0 spiro atoms. The van der Waals surface area contributed by atoms with Gasteiger partial charge in [0.15, 0.2) is 0 Å². The summed E-state index contributed by atoms with van der Waals surface area (Å²) in [6.07, 6.45) is 0. The summed E-state index contributed by atoms with van der Waals surface area (Å²) in [6, 6.07) is 3.90. The van der Waals surface area contributed by atoms with E-state index in [1.54, 1.807) is 14.1 Å². The molecule has 0 saturated heterocycles. The molecular weight excluding hydrogens is 207 g/mol. The summed E-state index contributed by atoms with van der Waals surface area (Å²) in [6.45, 7) is 0.173. The molecule has 4 heteroatoms. The third-order valence-electron chi connectivity index (χ3n) is 1.94. The highest BCUT2D eigenvalue weighted by Crippen LogP contribution is 2.12. The molecule has 1 rings (SSSR count). The summed E-state index contributed by atoms with van der Waals surface area (Å²) >= 11 is 0. The molecule has 16 heavy (non-hydrogen) atoms. The number of carbonyl (C=O) groups is 1. The maximum atomic E-state index is 13.0. The first kappa shape index (κ1) is 12.2. The lowest BCUT2D eigenvalue weighted by molar-refractivity contribution is 0.0827. The van der Waals surface area contributed by atoms with Gasteiger partial charge in [-0.15, -0.1) is 0 Å². The zero-order chi connectivity index (χ0) is 12.1. The second-order valence-corrected chi connectivity index (χ2v) is 3.40. The number of benzene rings is 1. The maximum absolute atomic E-state index is 13.0. The molecule has 84 valence electrons. The number of amides is 1. The van der Waals surface area contributed by atoms with E-state index in [2.05, 4.69) is 11.8 Å². The Balaban J connectivity index is 3.22. The van der Waals surface area contributed by atoms with Crippen LogP contribution in [0, 0.1) is 17.7 Å². The largest absolute Gasteiger partial charge is 0.345 e. The molecule has 0 atom stereocenters. The Hall–Kier alpha value is -1.86. The van der Waals surface area contributed by atoms with Crippen LogP contribution in [0.3, 0.4) is 0 Å². The van der Waals surface area contributed by atoms with Gasteiger partial charge in [-0.2, -0.15) is 0 Å². The Labute approximate surface area is 94.0 Å². The minimum Gasteiger partial charge on any atom is -0.345 e. The number of rotatable bonds is 1. The van der Waals surface area contributed by atoms with Gasteiger partial charge in [-0.25, -0.2) is 4.39 Å². The van der Waals surface area contributed by atoms with Crippen LogP contribution in [0.15, 0.2) is 18.2 Å². The first-order valence-electron chi connectivity index (χ1n) is 4.76. The van der Waals surface area contributed by atoms with E-state index in [1.807, 2.05) is 0 Å². The van der Waals surface area contributed by atoms with Gasteiger partial charge in [0.1, 0.15) is 5.82 Å². The molecule has 1 amide bonds. The number of nitrogens with two attached hydrogens (primary N) is 1. The van der Waals surface area contributed by atoms with Crippen molar-refractivity contribution in [2.24, 2.45) is 5.73 Å². The molecule has 1 aromatic carbocycles. The highest BCUT2D eigenvalue weighted by molar-refractivity contribution is 5.96. The average molecular weight is 220 g/mol. The molecule has 0 unspecified atom stereocenters. The topological polar surface area (TPSA) is 46.3 Å². The van der Waals surface area contributed by atoms with E-state index in [4.69, 9.17) is 5.73 Å². The molecule has 0 heterocycles. The van der Waals surface area contributed by atoms with Crippen molar-refractivity contribution < 1.29 is 9.18 Å². The van der Waals surface area contributed by atoms with Gasteiger partial charge in [0.2, 0.25) is 0 Å². The summed E-state index contributed by atoms with van der Waals surface area (Å²) in [7, 11) is 3.26. The minimum absolute atomic E-state index is 0.173. The van der Waals surface area contributed by atoms with Crippen LogP contribution in [0.4, 0.5) is 4.39 Å². The van der Waals surface area contributed by atoms with Crippen LogP contribution < -0.4 is 5.73 Å². The molecule has 0 radical (unpaired) electrons. The number of halogens is 1. The zero-order valence-electron chi connectivity index (χ0n) is 9.25. The van der Waals surface area contributed by atoms with Crippen LogP contribution in [-0.2, 0) is 0 Å². The van der Waals surface area contributed by atoms with Gasteiger partial charge in [0, 0.05) is 19.7 Å². The first-order valence-corrected chi connectivity index (χ1v) is 4.76. The number of hydrogen-bond donors (Lipinski definition) is 1. The van der Waals surface area contributed by atoms with E-state index < -0.39 is 5.82 Å². The van der Waals surface area contributed by atoms with Gasteiger partial charge in [0.05, 0.1) is 12.1 Å². The second-order valence-electron chi connectivity index (χ2n) is 3.40. The molecule has 0 aliphatic carbocycles. The lowest BCUT2D eigenvalue weighted by atomic mass is 10.1. The fraction of sp³-hybridized carbons (Fsp3) is 0.250. The molecular formula is C12H13FN2O. The lowest BCUT2D eigenvalue weighted by Gasteiger charge is -2.11. The Kier molecular flexibility index (Phi) is 4.03. The van der Waals surface area contributed by atoms with E-state index in [9.17, 15) is 9.18 Å². The zero-order valence-corrected chi connectivity index (χ0v) is 9.25. The van der Waals surface area contributed by atoms with E-state index in [1.165, 1.54) is 23.1 Å². The normalized spacial score (nSPS) is 9.25. The smallest absolute Gasteiger partial charge is 0.254 e. The van der Waals surface area contributed by atoms with E-state index in [0.717, 1.165) is 0 Å². The Morgan fingerprint density at radius 1 is 1.50 bits per heavy atom. The Morgan fingerprint density at radius 2 is 2.19 bits per heavy atom. The highest BCUT2D eigenvalue weighted by Gasteiger charge is 2.12. The summed E-state index contributed by atoms with van der Waals surface area (Å²) in [4.78, 5) is 13.2. The van der Waals surface area contributed by atoms with Gasteiger partial charge in [-0.1, -0.05) is 11.8 Å². The quantitative estimate of drug-likeness (QED) is 0.713.